The Hall–Kier alpha value is -1.24. The molecule has 16 heavy (non-hydrogen) atoms. The number of aromatic nitrogens is 1. The summed E-state index contributed by atoms with van der Waals surface area (Å²) in [6.07, 6.45) is 5.83. The second-order valence-electron chi connectivity index (χ2n) is 3.21. The first kappa shape index (κ1) is 14.8. The zero-order valence-electron chi connectivity index (χ0n) is 8.78. The molecular formula is C10H15NO4S. The largest absolute Gasteiger partial charge is 0.870 e. The normalized spacial score (nSPS) is 10.6. The molecule has 0 spiro atoms. The Morgan fingerprint density at radius 2 is 1.94 bits per heavy atom. The van der Waals surface area contributed by atoms with Gasteiger partial charge in [0.2, 0.25) is 0 Å². The first-order valence-corrected chi connectivity index (χ1v) is 6.19. The summed E-state index contributed by atoms with van der Waals surface area (Å²) < 4.78 is 31.3. The monoisotopic (exact) mass is 245 g/mol. The second kappa shape index (κ2) is 6.37. The topological polar surface area (TPSA) is 88.2 Å². The molecule has 0 aliphatic heterocycles. The van der Waals surface area contributed by atoms with Crippen LogP contribution < -0.4 is 4.57 Å². The van der Waals surface area contributed by atoms with E-state index in [-0.39, 0.29) is 11.2 Å². The van der Waals surface area contributed by atoms with Gasteiger partial charge in [0.25, 0.3) is 10.1 Å². The molecule has 0 atom stereocenters. The van der Waals surface area contributed by atoms with Gasteiger partial charge in [-0.1, -0.05) is 12.7 Å². The van der Waals surface area contributed by atoms with Crippen molar-refractivity contribution in [1.29, 1.82) is 0 Å². The van der Waals surface area contributed by atoms with Gasteiger partial charge in [-0.25, -0.2) is 4.57 Å². The number of aryl methyl sites for hydroxylation is 1. The highest BCUT2D eigenvalue weighted by Crippen LogP contribution is 1.96. The van der Waals surface area contributed by atoms with E-state index in [1.165, 1.54) is 0 Å². The van der Waals surface area contributed by atoms with Gasteiger partial charge in [-0.3, -0.25) is 4.55 Å². The van der Waals surface area contributed by atoms with Crippen LogP contribution in [0.15, 0.2) is 31.1 Å². The number of hydrogen-bond acceptors (Lipinski definition) is 3. The first-order chi connectivity index (χ1) is 7.01. The van der Waals surface area contributed by atoms with Crippen molar-refractivity contribution in [2.75, 3.05) is 5.75 Å². The van der Waals surface area contributed by atoms with Gasteiger partial charge in [-0.15, -0.1) is 0 Å². The highest BCUT2D eigenvalue weighted by atomic mass is 32.2. The zero-order valence-corrected chi connectivity index (χ0v) is 9.60. The van der Waals surface area contributed by atoms with Crippen molar-refractivity contribution in [3.63, 3.8) is 0 Å². The minimum atomic E-state index is -3.84. The highest BCUT2D eigenvalue weighted by molar-refractivity contribution is 7.85. The van der Waals surface area contributed by atoms with Gasteiger partial charge in [0, 0.05) is 18.6 Å². The van der Waals surface area contributed by atoms with Crippen LogP contribution in [0.2, 0.25) is 0 Å². The van der Waals surface area contributed by atoms with Crippen molar-refractivity contribution < 1.29 is 23.0 Å². The molecule has 0 radical (unpaired) electrons. The van der Waals surface area contributed by atoms with E-state index >= 15 is 0 Å². The molecule has 5 nitrogen and oxygen atoms in total. The average molecular weight is 245 g/mol. The lowest BCUT2D eigenvalue weighted by Crippen LogP contribution is -2.33. The molecule has 90 valence electrons. The van der Waals surface area contributed by atoms with Crippen molar-refractivity contribution in [1.82, 2.24) is 0 Å². The van der Waals surface area contributed by atoms with Gasteiger partial charge in [0.05, 0.1) is 5.75 Å². The predicted molar refractivity (Wildman–Crippen MR) is 59.7 cm³/mol. The van der Waals surface area contributed by atoms with Crippen molar-refractivity contribution in [2.24, 2.45) is 0 Å². The zero-order chi connectivity index (χ0) is 11.3. The van der Waals surface area contributed by atoms with E-state index in [2.05, 4.69) is 6.58 Å². The molecule has 0 fully saturated rings. The van der Waals surface area contributed by atoms with E-state index in [1.807, 2.05) is 29.1 Å². The van der Waals surface area contributed by atoms with E-state index in [1.54, 1.807) is 6.08 Å². The summed E-state index contributed by atoms with van der Waals surface area (Å²) in [5.41, 5.74) is 1.01. The van der Waals surface area contributed by atoms with Crippen LogP contribution in [0.4, 0.5) is 0 Å². The molecule has 0 unspecified atom stereocenters. The van der Waals surface area contributed by atoms with Crippen molar-refractivity contribution in [3.05, 3.63) is 36.7 Å². The van der Waals surface area contributed by atoms with Crippen LogP contribution in [0, 0.1) is 0 Å². The molecule has 0 amide bonds. The van der Waals surface area contributed by atoms with Gasteiger partial charge in [0.1, 0.15) is 6.54 Å². The Balaban J connectivity index is 0.00000225. The smallest absolute Gasteiger partial charge is 0.265 e. The average Bonchev–Trinajstić information content (AvgIpc) is 2.17. The van der Waals surface area contributed by atoms with Crippen molar-refractivity contribution in [2.45, 2.75) is 13.0 Å². The van der Waals surface area contributed by atoms with Crippen LogP contribution in [0.3, 0.4) is 0 Å². The third-order valence-electron chi connectivity index (χ3n) is 1.97. The lowest BCUT2D eigenvalue weighted by Gasteiger charge is -1.96. The molecule has 0 saturated carbocycles. The molecule has 1 aromatic rings. The molecule has 0 bridgehead atoms. The minimum Gasteiger partial charge on any atom is -0.870 e. The van der Waals surface area contributed by atoms with Gasteiger partial charge in [0.15, 0.2) is 12.4 Å². The second-order valence-corrected chi connectivity index (χ2v) is 4.79. The summed E-state index contributed by atoms with van der Waals surface area (Å²) >= 11 is 0. The molecule has 0 aromatic carbocycles. The van der Waals surface area contributed by atoms with Crippen molar-refractivity contribution >= 4 is 16.2 Å². The molecule has 1 rings (SSSR count). The third-order valence-corrected chi connectivity index (χ3v) is 2.78. The summed E-state index contributed by atoms with van der Waals surface area (Å²) in [5.74, 6) is -0.205. The van der Waals surface area contributed by atoms with Crippen LogP contribution in [0.5, 0.6) is 0 Å². The predicted octanol–water partition coefficient (Wildman–Crippen LogP) is 0.718. The maximum Gasteiger partial charge on any atom is 0.265 e. The first-order valence-electron chi connectivity index (χ1n) is 4.58. The Labute approximate surface area is 95.1 Å². The van der Waals surface area contributed by atoms with Gasteiger partial charge in [-0.2, -0.15) is 8.42 Å². The number of pyridine rings is 1. The van der Waals surface area contributed by atoms with E-state index in [0.29, 0.717) is 13.0 Å². The molecule has 0 aliphatic rings. The Morgan fingerprint density at radius 3 is 2.38 bits per heavy atom. The van der Waals surface area contributed by atoms with Crippen LogP contribution in [0.1, 0.15) is 12.0 Å². The molecular weight excluding hydrogens is 230 g/mol. The Morgan fingerprint density at radius 1 is 1.38 bits per heavy atom. The quantitative estimate of drug-likeness (QED) is 0.611. The summed E-state index contributed by atoms with van der Waals surface area (Å²) in [5, 5.41) is 0. The fourth-order valence-electron chi connectivity index (χ4n) is 1.18. The molecule has 1 heterocycles. The number of hydrogen-bond donors (Lipinski definition) is 1. The number of nitrogens with zero attached hydrogens (tertiary/aromatic N) is 1. The SMILES string of the molecule is C=Cc1cc[n+](CCCS(=O)(=O)O)cc1.[OH-]. The lowest BCUT2D eigenvalue weighted by atomic mass is 10.3. The standard InChI is InChI=1S/C10H13NO3S.H2O/c1-2-10-4-7-11(8-5-10)6-3-9-15(12,13)14;/h2,4-5,7-8H,1,3,6,9H2;1H2. The summed E-state index contributed by atoms with van der Waals surface area (Å²) in [4.78, 5) is 0. The minimum absolute atomic E-state index is 0. The summed E-state index contributed by atoms with van der Waals surface area (Å²) in [6, 6.07) is 3.78. The molecule has 2 N–H and O–H groups in total. The maximum atomic E-state index is 10.5. The fraction of sp³-hybridized carbons (Fsp3) is 0.300. The molecule has 0 saturated heterocycles. The highest BCUT2D eigenvalue weighted by Gasteiger charge is 2.06. The summed E-state index contributed by atoms with van der Waals surface area (Å²) in [7, 11) is -3.84. The van der Waals surface area contributed by atoms with Crippen LogP contribution in [0.25, 0.3) is 6.08 Å². The van der Waals surface area contributed by atoms with Crippen LogP contribution in [-0.4, -0.2) is 24.2 Å². The van der Waals surface area contributed by atoms with E-state index in [9.17, 15) is 8.42 Å². The van der Waals surface area contributed by atoms with Gasteiger partial charge in [-0.05, 0) is 5.56 Å². The summed E-state index contributed by atoms with van der Waals surface area (Å²) in [6.45, 7) is 4.20. The number of rotatable bonds is 5. The fourth-order valence-corrected chi connectivity index (χ4v) is 1.68. The Kier molecular flexibility index (Phi) is 5.87. The van der Waals surface area contributed by atoms with Crippen LogP contribution >= 0.6 is 0 Å². The van der Waals surface area contributed by atoms with Crippen molar-refractivity contribution in [3.8, 4) is 0 Å². The van der Waals surface area contributed by atoms with Gasteiger partial charge >= 0.3 is 0 Å². The van der Waals surface area contributed by atoms with Crippen LogP contribution in [-0.2, 0) is 16.7 Å². The molecule has 1 aromatic heterocycles. The maximum absolute atomic E-state index is 10.5. The lowest BCUT2D eigenvalue weighted by molar-refractivity contribution is -0.696. The van der Waals surface area contributed by atoms with E-state index in [0.717, 1.165) is 5.56 Å². The Bertz CT molecular complexity index is 425. The molecule has 6 heteroatoms. The van der Waals surface area contributed by atoms with E-state index < -0.39 is 10.1 Å². The van der Waals surface area contributed by atoms with Gasteiger partial charge < -0.3 is 5.48 Å². The van der Waals surface area contributed by atoms with E-state index in [4.69, 9.17) is 4.55 Å². The molecule has 0 aliphatic carbocycles. The third kappa shape index (κ3) is 5.59.